The van der Waals surface area contributed by atoms with Gasteiger partial charge >= 0.3 is 0 Å². The fraction of sp³-hybridized carbons (Fsp3) is 1.00. The van der Waals surface area contributed by atoms with Crippen molar-refractivity contribution >= 4 is 0 Å². The average molecular weight is 162 g/mol. The minimum absolute atomic E-state index is 0.733. The summed E-state index contributed by atoms with van der Waals surface area (Å²) in [5.74, 6) is 0. The second kappa shape index (κ2) is 12.5. The summed E-state index contributed by atoms with van der Waals surface area (Å²) in [6, 6.07) is 0. The predicted molar refractivity (Wildman–Crippen MR) is 50.6 cm³/mol. The largest absolute Gasteiger partial charge is 0.329 e. The lowest BCUT2D eigenvalue weighted by Crippen LogP contribution is -2.20. The summed E-state index contributed by atoms with van der Waals surface area (Å²) in [4.78, 5) is 2.06. The van der Waals surface area contributed by atoms with Crippen molar-refractivity contribution in [3.8, 4) is 0 Å². The van der Waals surface area contributed by atoms with Crippen LogP contribution in [0.1, 0.15) is 0 Å². The van der Waals surface area contributed by atoms with Gasteiger partial charge in [0.2, 0.25) is 0 Å². The Morgan fingerprint density at radius 3 is 1.73 bits per heavy atom. The number of hydrogen-bond acceptors (Lipinski definition) is 4. The van der Waals surface area contributed by atoms with Crippen molar-refractivity contribution in [2.24, 2.45) is 11.5 Å². The van der Waals surface area contributed by atoms with E-state index in [4.69, 9.17) is 11.5 Å². The zero-order chi connectivity index (χ0) is 9.11. The van der Waals surface area contributed by atoms with Crippen LogP contribution in [0.3, 0.4) is 0 Å². The van der Waals surface area contributed by atoms with Crippen LogP contribution < -0.4 is 16.8 Å². The van der Waals surface area contributed by atoms with Gasteiger partial charge < -0.3 is 21.7 Å². The molecular weight excluding hydrogens is 140 g/mol. The van der Waals surface area contributed by atoms with Gasteiger partial charge in [0.1, 0.15) is 0 Å². The van der Waals surface area contributed by atoms with Gasteiger partial charge in [0, 0.05) is 26.2 Å². The number of nitrogens with two attached hydrogens (primary N) is 2. The first-order valence-electron chi connectivity index (χ1n) is 3.88. The Bertz CT molecular complexity index is 54.4. The van der Waals surface area contributed by atoms with Crippen LogP contribution in [0.25, 0.3) is 0 Å². The molecule has 0 aliphatic heterocycles. The molecule has 0 radical (unpaired) electrons. The quantitative estimate of drug-likeness (QED) is 0.479. The standard InChI is InChI=1S/C4H12N2.C3H10N2/c1-6(2)4-3-5;1-5-3-2-4/h3-5H2,1-2H3;5H,2-4H2,1H3. The Morgan fingerprint density at radius 2 is 1.73 bits per heavy atom. The maximum absolute atomic E-state index is 5.19. The molecule has 0 heterocycles. The third-order valence-electron chi connectivity index (χ3n) is 0.971. The summed E-state index contributed by atoms with van der Waals surface area (Å²) < 4.78 is 0. The molecule has 0 amide bonds. The molecule has 11 heavy (non-hydrogen) atoms. The highest BCUT2D eigenvalue weighted by molar-refractivity contribution is 4.38. The molecule has 0 spiro atoms. The molecule has 0 aromatic carbocycles. The van der Waals surface area contributed by atoms with E-state index >= 15 is 0 Å². The summed E-state index contributed by atoms with van der Waals surface area (Å²) in [6.45, 7) is 3.39. The molecular formula is C7H22N4. The molecule has 0 fully saturated rings. The van der Waals surface area contributed by atoms with Crippen LogP contribution in [-0.4, -0.2) is 52.2 Å². The fourth-order valence-electron chi connectivity index (χ4n) is 0.403. The van der Waals surface area contributed by atoms with Crippen molar-refractivity contribution in [2.75, 3.05) is 47.3 Å². The van der Waals surface area contributed by atoms with E-state index in [1.165, 1.54) is 0 Å². The first-order chi connectivity index (χ1) is 5.18. The van der Waals surface area contributed by atoms with Gasteiger partial charge in [-0.2, -0.15) is 0 Å². The van der Waals surface area contributed by atoms with Crippen LogP contribution in [0.15, 0.2) is 0 Å². The van der Waals surface area contributed by atoms with Crippen LogP contribution in [0, 0.1) is 0 Å². The molecule has 4 nitrogen and oxygen atoms in total. The Kier molecular flexibility index (Phi) is 15.3. The third-order valence-corrected chi connectivity index (χ3v) is 0.971. The summed E-state index contributed by atoms with van der Waals surface area (Å²) in [5.41, 5.74) is 10.3. The molecule has 0 saturated carbocycles. The van der Waals surface area contributed by atoms with Crippen molar-refractivity contribution < 1.29 is 0 Å². The number of likely N-dealkylation sites (N-methyl/N-ethyl adjacent to an activating group) is 2. The van der Waals surface area contributed by atoms with Gasteiger partial charge in [0.05, 0.1) is 0 Å². The number of nitrogens with zero attached hydrogens (tertiary/aromatic N) is 1. The number of hydrogen-bond donors (Lipinski definition) is 3. The Hall–Kier alpha value is -0.160. The number of nitrogens with one attached hydrogen (secondary N) is 1. The molecule has 0 aliphatic carbocycles. The number of rotatable bonds is 4. The van der Waals surface area contributed by atoms with E-state index in [1.54, 1.807) is 0 Å². The highest BCUT2D eigenvalue weighted by Gasteiger charge is 1.79. The van der Waals surface area contributed by atoms with Gasteiger partial charge in [-0.25, -0.2) is 0 Å². The molecule has 0 rings (SSSR count). The molecule has 70 valence electrons. The molecule has 0 saturated heterocycles. The van der Waals surface area contributed by atoms with E-state index in [0.29, 0.717) is 0 Å². The molecule has 4 heteroatoms. The Labute approximate surface area is 69.9 Å². The van der Waals surface area contributed by atoms with Gasteiger partial charge in [0.25, 0.3) is 0 Å². The molecule has 0 bridgehead atoms. The van der Waals surface area contributed by atoms with Crippen LogP contribution in [0.4, 0.5) is 0 Å². The van der Waals surface area contributed by atoms with E-state index in [2.05, 4.69) is 10.2 Å². The second-order valence-corrected chi connectivity index (χ2v) is 2.48. The average Bonchev–Trinajstić information content (AvgIpc) is 1.90. The Morgan fingerprint density at radius 1 is 1.18 bits per heavy atom. The first kappa shape index (κ1) is 13.4. The SMILES string of the molecule is CN(C)CCN.CNCCN. The van der Waals surface area contributed by atoms with E-state index in [0.717, 1.165) is 26.2 Å². The van der Waals surface area contributed by atoms with Crippen LogP contribution in [0.2, 0.25) is 0 Å². The van der Waals surface area contributed by atoms with E-state index in [1.807, 2.05) is 21.1 Å². The van der Waals surface area contributed by atoms with Crippen molar-refractivity contribution in [3.05, 3.63) is 0 Å². The lowest BCUT2D eigenvalue weighted by molar-refractivity contribution is 0.420. The zero-order valence-corrected chi connectivity index (χ0v) is 7.93. The van der Waals surface area contributed by atoms with Gasteiger partial charge in [-0.1, -0.05) is 0 Å². The summed E-state index contributed by atoms with van der Waals surface area (Å²) in [6.07, 6.45) is 0. The molecule has 5 N–H and O–H groups in total. The zero-order valence-electron chi connectivity index (χ0n) is 7.93. The van der Waals surface area contributed by atoms with Crippen molar-refractivity contribution in [2.45, 2.75) is 0 Å². The predicted octanol–water partition coefficient (Wildman–Crippen LogP) is -1.33. The van der Waals surface area contributed by atoms with E-state index in [9.17, 15) is 0 Å². The normalized spacial score (nSPS) is 9.27. The minimum atomic E-state index is 0.733. The van der Waals surface area contributed by atoms with Crippen molar-refractivity contribution in [1.82, 2.24) is 10.2 Å². The van der Waals surface area contributed by atoms with Crippen molar-refractivity contribution in [3.63, 3.8) is 0 Å². The van der Waals surface area contributed by atoms with E-state index < -0.39 is 0 Å². The van der Waals surface area contributed by atoms with Gasteiger partial charge in [-0.15, -0.1) is 0 Å². The summed E-state index contributed by atoms with van der Waals surface area (Å²) >= 11 is 0. The van der Waals surface area contributed by atoms with Crippen LogP contribution in [0.5, 0.6) is 0 Å². The summed E-state index contributed by atoms with van der Waals surface area (Å²) in [7, 11) is 5.90. The second-order valence-electron chi connectivity index (χ2n) is 2.48. The molecule has 0 aromatic rings. The highest BCUT2D eigenvalue weighted by atomic mass is 15.1. The molecule has 0 aromatic heterocycles. The molecule has 0 aliphatic rings. The first-order valence-corrected chi connectivity index (χ1v) is 3.88. The molecule has 0 unspecified atom stereocenters. The molecule has 0 atom stereocenters. The minimum Gasteiger partial charge on any atom is -0.329 e. The van der Waals surface area contributed by atoms with Gasteiger partial charge in [-0.05, 0) is 21.1 Å². The van der Waals surface area contributed by atoms with Crippen LogP contribution >= 0.6 is 0 Å². The summed E-state index contributed by atoms with van der Waals surface area (Å²) in [5, 5.41) is 2.89. The smallest absolute Gasteiger partial charge is 0.00985 e. The lowest BCUT2D eigenvalue weighted by Gasteiger charge is -2.03. The lowest BCUT2D eigenvalue weighted by atomic mass is 10.6. The maximum atomic E-state index is 5.19. The maximum Gasteiger partial charge on any atom is 0.00985 e. The Balaban J connectivity index is 0. The van der Waals surface area contributed by atoms with Crippen LogP contribution in [-0.2, 0) is 0 Å². The third kappa shape index (κ3) is 25.8. The highest BCUT2D eigenvalue weighted by Crippen LogP contribution is 1.64. The van der Waals surface area contributed by atoms with Gasteiger partial charge in [-0.3, -0.25) is 0 Å². The van der Waals surface area contributed by atoms with Crippen molar-refractivity contribution in [1.29, 1.82) is 0 Å². The van der Waals surface area contributed by atoms with E-state index in [-0.39, 0.29) is 0 Å². The topological polar surface area (TPSA) is 67.3 Å². The fourth-order valence-corrected chi connectivity index (χ4v) is 0.403. The van der Waals surface area contributed by atoms with Gasteiger partial charge in [0.15, 0.2) is 0 Å². The monoisotopic (exact) mass is 162 g/mol.